The fourth-order valence-corrected chi connectivity index (χ4v) is 3.73. The second kappa shape index (κ2) is 9.90. The summed E-state index contributed by atoms with van der Waals surface area (Å²) in [7, 11) is 0. The second-order valence-corrected chi connectivity index (χ2v) is 7.95. The lowest BCUT2D eigenvalue weighted by Crippen LogP contribution is -2.51. The number of hydrogen-bond donors (Lipinski definition) is 3. The molecule has 2 atom stereocenters. The number of nitrogens with zero attached hydrogens (tertiary/aromatic N) is 4. The summed E-state index contributed by atoms with van der Waals surface area (Å²) in [5.41, 5.74) is -0.106. The summed E-state index contributed by atoms with van der Waals surface area (Å²) in [4.78, 5) is 18.2. The smallest absolute Gasteiger partial charge is 0.269 e. The van der Waals surface area contributed by atoms with Gasteiger partial charge >= 0.3 is 0 Å². The summed E-state index contributed by atoms with van der Waals surface area (Å²) >= 11 is 0. The van der Waals surface area contributed by atoms with Crippen molar-refractivity contribution in [3.05, 3.63) is 78.4 Å². The van der Waals surface area contributed by atoms with Gasteiger partial charge in [0.2, 0.25) is 0 Å². The Kier molecular flexibility index (Phi) is 6.79. The minimum atomic E-state index is -1.42. The molecule has 0 radical (unpaired) electrons. The molecule has 1 aromatic carbocycles. The van der Waals surface area contributed by atoms with E-state index in [2.05, 4.69) is 15.4 Å². The van der Waals surface area contributed by atoms with Gasteiger partial charge in [-0.3, -0.25) is 19.4 Å². The van der Waals surface area contributed by atoms with Crippen molar-refractivity contribution in [2.45, 2.75) is 24.8 Å². The number of hydrogen-bond acceptors (Lipinski definition) is 7. The van der Waals surface area contributed by atoms with Crippen molar-refractivity contribution in [3.8, 4) is 5.75 Å². The van der Waals surface area contributed by atoms with Crippen molar-refractivity contribution in [2.24, 2.45) is 0 Å². The summed E-state index contributed by atoms with van der Waals surface area (Å²) in [6, 6.07) is 14.7. The predicted octanol–water partition coefficient (Wildman–Crippen LogP) is 0.695. The van der Waals surface area contributed by atoms with Crippen molar-refractivity contribution < 1.29 is 19.7 Å². The lowest BCUT2D eigenvalue weighted by atomic mass is 10.0. The molecule has 1 fully saturated rings. The molecule has 0 aliphatic carbocycles. The van der Waals surface area contributed by atoms with Gasteiger partial charge in [0.25, 0.3) is 5.91 Å². The number of aromatic nitrogens is 3. The molecule has 1 saturated heterocycles. The molecule has 1 aliphatic rings. The monoisotopic (exact) mass is 437 g/mol. The van der Waals surface area contributed by atoms with E-state index >= 15 is 0 Å². The average molecular weight is 438 g/mol. The van der Waals surface area contributed by atoms with Gasteiger partial charge in [-0.1, -0.05) is 18.2 Å². The Hall–Kier alpha value is -3.27. The Balaban J connectivity index is 1.25. The molecule has 0 spiro atoms. The van der Waals surface area contributed by atoms with Crippen molar-refractivity contribution in [1.29, 1.82) is 0 Å². The SMILES string of the molecule is O=C(NC[C@]1(O)CN(Cc2ccc(OCCn3cccn3)cc2)C[C@H]1O)c1ccccn1. The van der Waals surface area contributed by atoms with Crippen LogP contribution in [0.1, 0.15) is 16.1 Å². The average Bonchev–Trinajstić information content (AvgIpc) is 3.42. The normalized spacial score (nSPS) is 20.9. The Bertz CT molecular complexity index is 997. The Morgan fingerprint density at radius 2 is 2.03 bits per heavy atom. The maximum Gasteiger partial charge on any atom is 0.269 e. The molecule has 9 nitrogen and oxygen atoms in total. The van der Waals surface area contributed by atoms with E-state index in [1.165, 1.54) is 6.20 Å². The molecule has 3 aromatic rings. The lowest BCUT2D eigenvalue weighted by molar-refractivity contribution is -0.0377. The van der Waals surface area contributed by atoms with Gasteiger partial charge in [0.05, 0.1) is 19.2 Å². The summed E-state index contributed by atoms with van der Waals surface area (Å²) < 4.78 is 7.56. The van der Waals surface area contributed by atoms with Crippen LogP contribution < -0.4 is 10.1 Å². The third-order valence-electron chi connectivity index (χ3n) is 5.48. The van der Waals surface area contributed by atoms with Crippen molar-refractivity contribution >= 4 is 5.91 Å². The summed E-state index contributed by atoms with van der Waals surface area (Å²) in [5.74, 6) is 0.393. The first kappa shape index (κ1) is 21.9. The number of amides is 1. The van der Waals surface area contributed by atoms with Crippen LogP contribution >= 0.6 is 0 Å². The van der Waals surface area contributed by atoms with Crippen LogP contribution in [0.15, 0.2) is 67.1 Å². The molecule has 1 amide bonds. The van der Waals surface area contributed by atoms with Crippen molar-refractivity contribution in [3.63, 3.8) is 0 Å². The van der Waals surface area contributed by atoms with Crippen LogP contribution in [0.25, 0.3) is 0 Å². The fourth-order valence-electron chi connectivity index (χ4n) is 3.73. The largest absolute Gasteiger partial charge is 0.492 e. The maximum absolute atomic E-state index is 12.2. The molecule has 0 bridgehead atoms. The molecular formula is C23H27N5O4. The van der Waals surface area contributed by atoms with E-state index in [-0.39, 0.29) is 24.7 Å². The highest BCUT2D eigenvalue weighted by molar-refractivity contribution is 5.92. The van der Waals surface area contributed by atoms with E-state index in [0.29, 0.717) is 26.2 Å². The number of β-amino-alcohol motifs (C(OH)–C–C–N with tert-alkyl or cyclic N) is 2. The Morgan fingerprint density at radius 3 is 2.75 bits per heavy atom. The van der Waals surface area contributed by atoms with E-state index in [1.807, 2.05) is 46.1 Å². The zero-order valence-corrected chi connectivity index (χ0v) is 17.7. The molecule has 168 valence electrons. The predicted molar refractivity (Wildman–Crippen MR) is 117 cm³/mol. The van der Waals surface area contributed by atoms with Gasteiger partial charge in [0, 0.05) is 38.2 Å². The van der Waals surface area contributed by atoms with Crippen LogP contribution in [0.3, 0.4) is 0 Å². The van der Waals surface area contributed by atoms with Gasteiger partial charge in [-0.15, -0.1) is 0 Å². The van der Waals surface area contributed by atoms with Crippen LogP contribution in [0.5, 0.6) is 5.75 Å². The van der Waals surface area contributed by atoms with E-state index in [1.54, 1.807) is 24.4 Å². The highest BCUT2D eigenvalue weighted by Crippen LogP contribution is 2.24. The number of carbonyl (C=O) groups is 1. The number of aliphatic hydroxyl groups is 2. The maximum atomic E-state index is 12.2. The third kappa shape index (κ3) is 5.50. The van der Waals surface area contributed by atoms with Gasteiger partial charge in [-0.2, -0.15) is 5.10 Å². The molecule has 1 aliphatic heterocycles. The number of likely N-dealkylation sites (tertiary alicyclic amines) is 1. The highest BCUT2D eigenvalue weighted by Gasteiger charge is 2.44. The highest BCUT2D eigenvalue weighted by atomic mass is 16.5. The first-order chi connectivity index (χ1) is 15.5. The zero-order chi connectivity index (χ0) is 22.4. The van der Waals surface area contributed by atoms with Gasteiger partial charge in [0.1, 0.15) is 23.7 Å². The molecular weight excluding hydrogens is 410 g/mol. The van der Waals surface area contributed by atoms with Crippen molar-refractivity contribution in [1.82, 2.24) is 25.0 Å². The number of aliphatic hydroxyl groups excluding tert-OH is 1. The van der Waals surface area contributed by atoms with Gasteiger partial charge < -0.3 is 20.3 Å². The number of nitrogens with one attached hydrogen (secondary N) is 1. The summed E-state index contributed by atoms with van der Waals surface area (Å²) in [6.07, 6.45) is 4.20. The molecule has 2 aromatic heterocycles. The van der Waals surface area contributed by atoms with Gasteiger partial charge in [-0.05, 0) is 35.9 Å². The number of ether oxygens (including phenoxy) is 1. The van der Waals surface area contributed by atoms with Gasteiger partial charge in [0.15, 0.2) is 0 Å². The van der Waals surface area contributed by atoms with Crippen molar-refractivity contribution in [2.75, 3.05) is 26.2 Å². The van der Waals surface area contributed by atoms with Crippen LogP contribution in [0.2, 0.25) is 0 Å². The second-order valence-electron chi connectivity index (χ2n) is 7.95. The van der Waals surface area contributed by atoms with Crippen LogP contribution in [-0.2, 0) is 13.1 Å². The fraction of sp³-hybridized carbons (Fsp3) is 0.348. The number of carbonyl (C=O) groups excluding carboxylic acids is 1. The molecule has 3 heterocycles. The third-order valence-corrected chi connectivity index (χ3v) is 5.48. The Morgan fingerprint density at radius 1 is 1.19 bits per heavy atom. The summed E-state index contributed by atoms with van der Waals surface area (Å²) in [6.45, 7) is 2.29. The minimum absolute atomic E-state index is 0.0525. The van der Waals surface area contributed by atoms with E-state index in [0.717, 1.165) is 11.3 Å². The van der Waals surface area contributed by atoms with Crippen LogP contribution in [-0.4, -0.2) is 73.7 Å². The molecule has 0 saturated carbocycles. The first-order valence-corrected chi connectivity index (χ1v) is 10.5. The standard InChI is InChI=1S/C23H27N5O4/c29-21-15-27(17-23(21,31)16-25-22(30)20-4-1-2-9-24-20)14-18-5-7-19(8-6-18)32-13-12-28-11-3-10-26-28/h1-11,21,29,31H,12-17H2,(H,25,30)/t21-,23+/m1/s1. The number of rotatable bonds is 9. The van der Waals surface area contributed by atoms with Crippen LogP contribution in [0, 0.1) is 0 Å². The Labute approximate surface area is 186 Å². The zero-order valence-electron chi connectivity index (χ0n) is 17.7. The van der Waals surface area contributed by atoms with Crippen LogP contribution in [0.4, 0.5) is 0 Å². The lowest BCUT2D eigenvalue weighted by Gasteiger charge is -2.26. The number of benzene rings is 1. The minimum Gasteiger partial charge on any atom is -0.492 e. The van der Waals surface area contributed by atoms with E-state index in [4.69, 9.17) is 4.74 Å². The molecule has 9 heteroatoms. The van der Waals surface area contributed by atoms with E-state index < -0.39 is 11.7 Å². The van der Waals surface area contributed by atoms with E-state index in [9.17, 15) is 15.0 Å². The molecule has 32 heavy (non-hydrogen) atoms. The quantitative estimate of drug-likeness (QED) is 0.452. The molecule has 4 rings (SSSR count). The number of pyridine rings is 1. The van der Waals surface area contributed by atoms with Gasteiger partial charge in [-0.25, -0.2) is 0 Å². The summed E-state index contributed by atoms with van der Waals surface area (Å²) in [5, 5.41) is 28.1. The molecule has 3 N–H and O–H groups in total. The first-order valence-electron chi connectivity index (χ1n) is 10.5. The topological polar surface area (TPSA) is 113 Å². The molecule has 0 unspecified atom stereocenters.